The predicted octanol–water partition coefficient (Wildman–Crippen LogP) is 3.49. The second-order valence-electron chi connectivity index (χ2n) is 5.07. The summed E-state index contributed by atoms with van der Waals surface area (Å²) in [5.74, 6) is -1.26. The van der Waals surface area contributed by atoms with Crippen molar-refractivity contribution < 1.29 is 9.90 Å². The highest BCUT2D eigenvalue weighted by Crippen LogP contribution is 2.28. The van der Waals surface area contributed by atoms with Gasteiger partial charge in [-0.1, -0.05) is 48.0 Å². The first-order valence-corrected chi connectivity index (χ1v) is 7.27. The van der Waals surface area contributed by atoms with Crippen molar-refractivity contribution in [3.8, 4) is 11.3 Å². The van der Waals surface area contributed by atoms with Gasteiger partial charge in [-0.05, 0) is 24.6 Å². The number of carboxylic acid groups (broad SMARTS) is 1. The molecule has 1 aliphatic heterocycles. The molecule has 1 aromatic carbocycles. The van der Waals surface area contributed by atoms with Crippen LogP contribution in [0.4, 0.5) is 5.69 Å². The number of benzene rings is 1. The number of hydrogen-bond acceptors (Lipinski definition) is 3. The van der Waals surface area contributed by atoms with Crippen LogP contribution in [-0.2, 0) is 0 Å². The SMILES string of the molecule is Cc1cccc(Cl)c1Nn1c2cccccc-2c(C(=O)O)c1=O. The van der Waals surface area contributed by atoms with E-state index >= 15 is 0 Å². The van der Waals surface area contributed by atoms with E-state index in [4.69, 9.17) is 11.6 Å². The Labute approximate surface area is 137 Å². The van der Waals surface area contributed by atoms with Crippen molar-refractivity contribution in [2.24, 2.45) is 0 Å². The third-order valence-corrected chi connectivity index (χ3v) is 3.92. The molecule has 2 N–H and O–H groups in total. The highest BCUT2D eigenvalue weighted by Gasteiger charge is 2.25. The molecule has 0 bridgehead atoms. The first-order chi connectivity index (χ1) is 11.0. The lowest BCUT2D eigenvalue weighted by Crippen LogP contribution is -2.26. The molecule has 3 rings (SSSR count). The molecule has 0 saturated heterocycles. The lowest BCUT2D eigenvalue weighted by Gasteiger charge is -2.13. The van der Waals surface area contributed by atoms with Crippen molar-refractivity contribution in [2.75, 3.05) is 5.43 Å². The smallest absolute Gasteiger partial charge is 0.342 e. The predicted molar refractivity (Wildman–Crippen MR) is 89.5 cm³/mol. The summed E-state index contributed by atoms with van der Waals surface area (Å²) in [6, 6.07) is 13.8. The number of nitrogens with zero attached hydrogens (tertiary/aromatic N) is 1. The number of fused-ring (bicyclic) bond motifs is 1. The molecule has 0 spiro atoms. The molecule has 0 fully saturated rings. The van der Waals surface area contributed by atoms with Gasteiger partial charge < -0.3 is 5.11 Å². The van der Waals surface area contributed by atoms with Crippen molar-refractivity contribution in [2.45, 2.75) is 6.92 Å². The first-order valence-electron chi connectivity index (χ1n) is 6.90. The minimum atomic E-state index is -1.26. The molecule has 116 valence electrons. The molecule has 0 aromatic heterocycles. The minimum Gasteiger partial charge on any atom is -0.477 e. The molecule has 23 heavy (non-hydrogen) atoms. The molecule has 0 atom stereocenters. The molecule has 1 aliphatic carbocycles. The van der Waals surface area contributed by atoms with Gasteiger partial charge in [-0.15, -0.1) is 0 Å². The standard InChI is InChI=1S/C17H13ClN2O3/c1-10-6-5-8-12(18)15(10)19-20-13-9-4-2-3-7-11(13)14(16(20)21)17(22)23/h2-9,19H,1H3,(H,22,23). The Kier molecular flexibility index (Phi) is 3.80. The van der Waals surface area contributed by atoms with Crippen LogP contribution in [0.1, 0.15) is 15.9 Å². The molecule has 0 saturated carbocycles. The summed E-state index contributed by atoms with van der Waals surface area (Å²) >= 11 is 6.18. The van der Waals surface area contributed by atoms with Crippen molar-refractivity contribution in [3.63, 3.8) is 0 Å². The zero-order valence-corrected chi connectivity index (χ0v) is 13.0. The molecule has 6 heteroatoms. The largest absolute Gasteiger partial charge is 0.477 e. The van der Waals surface area contributed by atoms with Crippen LogP contribution in [0.3, 0.4) is 0 Å². The average Bonchev–Trinajstić information content (AvgIpc) is 2.65. The van der Waals surface area contributed by atoms with Gasteiger partial charge in [0.15, 0.2) is 0 Å². The maximum absolute atomic E-state index is 12.5. The van der Waals surface area contributed by atoms with Crippen LogP contribution in [-0.4, -0.2) is 15.8 Å². The maximum atomic E-state index is 12.5. The third kappa shape index (κ3) is 2.55. The van der Waals surface area contributed by atoms with Gasteiger partial charge in [0.25, 0.3) is 5.56 Å². The van der Waals surface area contributed by atoms with Gasteiger partial charge in [0.1, 0.15) is 5.56 Å². The van der Waals surface area contributed by atoms with Gasteiger partial charge in [-0.2, -0.15) is 0 Å². The van der Waals surface area contributed by atoms with Crippen molar-refractivity contribution in [1.29, 1.82) is 0 Å². The second kappa shape index (κ2) is 5.78. The number of carboxylic acids is 1. The number of aromatic nitrogens is 1. The van der Waals surface area contributed by atoms with E-state index in [9.17, 15) is 14.7 Å². The van der Waals surface area contributed by atoms with Gasteiger partial charge in [-0.25, -0.2) is 9.47 Å². The Morgan fingerprint density at radius 3 is 2.57 bits per heavy atom. The van der Waals surface area contributed by atoms with Gasteiger partial charge in [-0.3, -0.25) is 10.2 Å². The number of hydrogen-bond donors (Lipinski definition) is 2. The van der Waals surface area contributed by atoms with E-state index in [2.05, 4.69) is 5.43 Å². The Balaban J connectivity index is 2.26. The monoisotopic (exact) mass is 328 g/mol. The molecule has 0 amide bonds. The maximum Gasteiger partial charge on any atom is 0.342 e. The number of aryl methyl sites for hydroxylation is 1. The van der Waals surface area contributed by atoms with Crippen molar-refractivity contribution >= 4 is 23.3 Å². The van der Waals surface area contributed by atoms with E-state index in [1.54, 1.807) is 42.5 Å². The Morgan fingerprint density at radius 1 is 1.13 bits per heavy atom. The summed E-state index contributed by atoms with van der Waals surface area (Å²) in [6.07, 6.45) is 0. The number of carbonyl (C=O) groups is 1. The van der Waals surface area contributed by atoms with Crippen LogP contribution < -0.4 is 11.0 Å². The molecule has 2 aliphatic rings. The number of rotatable bonds is 3. The van der Waals surface area contributed by atoms with Crippen LogP contribution in [0.25, 0.3) is 11.3 Å². The Morgan fingerprint density at radius 2 is 1.87 bits per heavy atom. The molecule has 0 unspecified atom stereocenters. The van der Waals surface area contributed by atoms with E-state index in [-0.39, 0.29) is 5.56 Å². The van der Waals surface area contributed by atoms with E-state index in [0.717, 1.165) is 5.56 Å². The number of anilines is 1. The Bertz CT molecular complexity index is 913. The number of halogens is 1. The van der Waals surface area contributed by atoms with Crippen LogP contribution in [0.5, 0.6) is 0 Å². The minimum absolute atomic E-state index is 0.270. The first kappa shape index (κ1) is 15.1. The molecule has 1 heterocycles. The fourth-order valence-electron chi connectivity index (χ4n) is 2.48. The van der Waals surface area contributed by atoms with E-state index < -0.39 is 11.5 Å². The summed E-state index contributed by atoms with van der Waals surface area (Å²) in [4.78, 5) is 24.0. The van der Waals surface area contributed by atoms with Crippen molar-refractivity contribution in [3.05, 3.63) is 75.0 Å². The van der Waals surface area contributed by atoms with Crippen LogP contribution >= 0.6 is 11.6 Å². The van der Waals surface area contributed by atoms with Crippen LogP contribution in [0, 0.1) is 6.92 Å². The van der Waals surface area contributed by atoms with Gasteiger partial charge >= 0.3 is 5.97 Å². The molecule has 0 radical (unpaired) electrons. The van der Waals surface area contributed by atoms with Crippen LogP contribution in [0.2, 0.25) is 5.02 Å². The van der Waals surface area contributed by atoms with E-state index in [0.29, 0.717) is 22.0 Å². The Hall–Kier alpha value is -2.79. The van der Waals surface area contributed by atoms with Gasteiger partial charge in [0.05, 0.1) is 16.4 Å². The quantitative estimate of drug-likeness (QED) is 0.772. The third-order valence-electron chi connectivity index (χ3n) is 3.60. The van der Waals surface area contributed by atoms with E-state index in [1.807, 2.05) is 13.0 Å². The fraction of sp³-hybridized carbons (Fsp3) is 0.0588. The topological polar surface area (TPSA) is 71.3 Å². The summed E-state index contributed by atoms with van der Waals surface area (Å²) in [5, 5.41) is 9.81. The zero-order chi connectivity index (χ0) is 16.6. The normalized spacial score (nSPS) is 10.7. The summed E-state index contributed by atoms with van der Waals surface area (Å²) in [5.41, 5.74) is 4.29. The lowest BCUT2D eigenvalue weighted by molar-refractivity contribution is 0.0696. The van der Waals surface area contributed by atoms with Gasteiger partial charge in [0.2, 0.25) is 0 Å². The fourth-order valence-corrected chi connectivity index (χ4v) is 2.75. The lowest BCUT2D eigenvalue weighted by atomic mass is 10.1. The summed E-state index contributed by atoms with van der Waals surface area (Å²) < 4.78 is 1.22. The van der Waals surface area contributed by atoms with Gasteiger partial charge in [0, 0.05) is 5.56 Å². The molecular formula is C17H13ClN2O3. The highest BCUT2D eigenvalue weighted by molar-refractivity contribution is 6.33. The molecule has 1 aromatic rings. The average molecular weight is 329 g/mol. The zero-order valence-electron chi connectivity index (χ0n) is 12.2. The number of nitrogens with one attached hydrogen (secondary N) is 1. The number of para-hydroxylation sites is 1. The second-order valence-corrected chi connectivity index (χ2v) is 5.48. The van der Waals surface area contributed by atoms with Crippen molar-refractivity contribution in [1.82, 2.24) is 4.68 Å². The summed E-state index contributed by atoms with van der Waals surface area (Å²) in [7, 11) is 0. The van der Waals surface area contributed by atoms with E-state index in [1.165, 1.54) is 4.68 Å². The highest BCUT2D eigenvalue weighted by atomic mass is 35.5. The number of aromatic carboxylic acids is 1. The molecule has 5 nitrogen and oxygen atoms in total. The molecular weight excluding hydrogens is 316 g/mol. The van der Waals surface area contributed by atoms with Crippen LogP contribution in [0.15, 0.2) is 53.3 Å². The summed E-state index contributed by atoms with van der Waals surface area (Å²) in [6.45, 7) is 1.85.